The molecular formula is C18H30N4O6. The van der Waals surface area contributed by atoms with E-state index in [1.807, 2.05) is 19.2 Å². The molecular weight excluding hydrogens is 368 g/mol. The van der Waals surface area contributed by atoms with Gasteiger partial charge in [-0.25, -0.2) is 9.59 Å². The molecule has 10 nitrogen and oxygen atoms in total. The second-order valence-corrected chi connectivity index (χ2v) is 7.84. The van der Waals surface area contributed by atoms with Crippen molar-refractivity contribution < 1.29 is 28.7 Å². The van der Waals surface area contributed by atoms with Crippen molar-refractivity contribution in [3.8, 4) is 0 Å². The number of urea groups is 2. The van der Waals surface area contributed by atoms with Gasteiger partial charge < -0.3 is 15.4 Å². The normalized spacial score (nSPS) is 20.2. The monoisotopic (exact) mass is 398 g/mol. The van der Waals surface area contributed by atoms with Gasteiger partial charge in [0.2, 0.25) is 0 Å². The standard InChI is InChI=1S/C18H30N4O6/c1-10(2)7-8-18(6)15(25)22(17(27)21-18)9-13(23)28-12(5)14(24)20-16(26)19-11(3)4/h10-12H,7-9H2,1-6H3,(H,21,27)(H2,19,20,24,26)/t12-,18+/m1/s1. The van der Waals surface area contributed by atoms with Gasteiger partial charge >= 0.3 is 18.0 Å². The molecule has 28 heavy (non-hydrogen) atoms. The third kappa shape index (κ3) is 6.50. The fraction of sp³-hybridized carbons (Fsp3) is 0.722. The first-order chi connectivity index (χ1) is 12.9. The number of ether oxygens (including phenoxy) is 1. The molecule has 2 atom stereocenters. The molecule has 0 spiro atoms. The Hall–Kier alpha value is -2.65. The molecule has 0 aromatic carbocycles. The van der Waals surface area contributed by atoms with Crippen LogP contribution in [0.5, 0.6) is 0 Å². The second kappa shape index (κ2) is 9.52. The highest BCUT2D eigenvalue weighted by atomic mass is 16.5. The lowest BCUT2D eigenvalue weighted by molar-refractivity contribution is -0.156. The Morgan fingerprint density at radius 2 is 1.75 bits per heavy atom. The Labute approximate surface area is 164 Å². The first kappa shape index (κ1) is 23.4. The Balaban J connectivity index is 2.60. The predicted molar refractivity (Wildman–Crippen MR) is 100 cm³/mol. The van der Waals surface area contributed by atoms with Crippen LogP contribution in [0, 0.1) is 5.92 Å². The Morgan fingerprint density at radius 1 is 1.14 bits per heavy atom. The molecule has 1 aliphatic rings. The largest absolute Gasteiger partial charge is 0.451 e. The van der Waals surface area contributed by atoms with Gasteiger partial charge in [-0.3, -0.25) is 24.6 Å². The van der Waals surface area contributed by atoms with Crippen molar-refractivity contribution >= 4 is 29.8 Å². The molecule has 0 bridgehead atoms. The first-order valence-corrected chi connectivity index (χ1v) is 9.30. The number of carbonyl (C=O) groups is 5. The topological polar surface area (TPSA) is 134 Å². The quantitative estimate of drug-likeness (QED) is 0.411. The van der Waals surface area contributed by atoms with Gasteiger partial charge in [0.05, 0.1) is 0 Å². The van der Waals surface area contributed by atoms with Crippen LogP contribution in [0.4, 0.5) is 9.59 Å². The number of hydrogen-bond donors (Lipinski definition) is 3. The molecule has 1 fully saturated rings. The molecule has 3 N–H and O–H groups in total. The zero-order chi connectivity index (χ0) is 21.6. The zero-order valence-corrected chi connectivity index (χ0v) is 17.3. The summed E-state index contributed by atoms with van der Waals surface area (Å²) in [5.41, 5.74) is -1.07. The number of amides is 6. The average molecular weight is 398 g/mol. The van der Waals surface area contributed by atoms with Crippen LogP contribution >= 0.6 is 0 Å². The van der Waals surface area contributed by atoms with Gasteiger partial charge in [-0.15, -0.1) is 0 Å². The fourth-order valence-electron chi connectivity index (χ4n) is 2.57. The van der Waals surface area contributed by atoms with E-state index < -0.39 is 48.0 Å². The van der Waals surface area contributed by atoms with Crippen LogP contribution in [-0.2, 0) is 19.1 Å². The third-order valence-corrected chi connectivity index (χ3v) is 4.19. The van der Waals surface area contributed by atoms with E-state index in [1.165, 1.54) is 6.92 Å². The van der Waals surface area contributed by atoms with Gasteiger partial charge in [0.15, 0.2) is 6.10 Å². The van der Waals surface area contributed by atoms with Gasteiger partial charge in [0, 0.05) is 6.04 Å². The minimum atomic E-state index is -1.27. The van der Waals surface area contributed by atoms with E-state index in [9.17, 15) is 24.0 Å². The zero-order valence-electron chi connectivity index (χ0n) is 17.3. The van der Waals surface area contributed by atoms with Crippen LogP contribution < -0.4 is 16.0 Å². The summed E-state index contributed by atoms with van der Waals surface area (Å²) in [6, 6.07) is -1.56. The smallest absolute Gasteiger partial charge is 0.327 e. The van der Waals surface area contributed by atoms with Crippen LogP contribution in [0.15, 0.2) is 0 Å². The van der Waals surface area contributed by atoms with Crippen molar-refractivity contribution in [2.45, 2.75) is 72.1 Å². The lowest BCUT2D eigenvalue weighted by atomic mass is 9.92. The number of nitrogens with one attached hydrogen (secondary N) is 3. The summed E-state index contributed by atoms with van der Waals surface area (Å²) in [5, 5.41) is 7.11. The summed E-state index contributed by atoms with van der Waals surface area (Å²) in [6.07, 6.45) is -0.0837. The van der Waals surface area contributed by atoms with E-state index in [-0.39, 0.29) is 6.04 Å². The molecule has 1 heterocycles. The van der Waals surface area contributed by atoms with Crippen LogP contribution in [0.2, 0.25) is 0 Å². The van der Waals surface area contributed by atoms with Crippen LogP contribution in [0.1, 0.15) is 54.4 Å². The van der Waals surface area contributed by atoms with Crippen molar-refractivity contribution in [2.24, 2.45) is 5.92 Å². The van der Waals surface area contributed by atoms with Crippen molar-refractivity contribution in [3.63, 3.8) is 0 Å². The number of imide groups is 2. The first-order valence-electron chi connectivity index (χ1n) is 9.30. The van der Waals surface area contributed by atoms with Crippen LogP contribution in [0.25, 0.3) is 0 Å². The molecule has 158 valence electrons. The Kier molecular flexibility index (Phi) is 7.95. The molecule has 1 aliphatic heterocycles. The number of hydrogen-bond acceptors (Lipinski definition) is 6. The van der Waals surface area contributed by atoms with Crippen LogP contribution in [0.3, 0.4) is 0 Å². The highest BCUT2D eigenvalue weighted by molar-refractivity contribution is 6.08. The van der Waals surface area contributed by atoms with E-state index >= 15 is 0 Å². The molecule has 0 aromatic heterocycles. The molecule has 0 radical (unpaired) electrons. The van der Waals surface area contributed by atoms with Crippen molar-refractivity contribution in [2.75, 3.05) is 6.54 Å². The lowest BCUT2D eigenvalue weighted by Gasteiger charge is -2.22. The van der Waals surface area contributed by atoms with Crippen molar-refractivity contribution in [1.82, 2.24) is 20.9 Å². The maximum atomic E-state index is 12.6. The summed E-state index contributed by atoms with van der Waals surface area (Å²) < 4.78 is 4.94. The Morgan fingerprint density at radius 3 is 2.29 bits per heavy atom. The number of nitrogens with zero attached hydrogens (tertiary/aromatic N) is 1. The summed E-state index contributed by atoms with van der Waals surface area (Å²) in [7, 11) is 0. The number of esters is 1. The SMILES string of the molecule is CC(C)CC[C@]1(C)NC(=O)N(CC(=O)O[C@H](C)C(=O)NC(=O)NC(C)C)C1=O. The van der Waals surface area contributed by atoms with Gasteiger partial charge in [-0.05, 0) is 46.5 Å². The summed E-state index contributed by atoms with van der Waals surface area (Å²) in [4.78, 5) is 60.9. The average Bonchev–Trinajstić information content (AvgIpc) is 2.75. The van der Waals surface area contributed by atoms with Crippen molar-refractivity contribution in [1.29, 1.82) is 0 Å². The van der Waals surface area contributed by atoms with Crippen molar-refractivity contribution in [3.05, 3.63) is 0 Å². The van der Waals surface area contributed by atoms with Gasteiger partial charge in [0.1, 0.15) is 12.1 Å². The highest BCUT2D eigenvalue weighted by Gasteiger charge is 2.48. The molecule has 1 rings (SSSR count). The summed E-state index contributed by atoms with van der Waals surface area (Å²) in [5.74, 6) is -1.90. The molecule has 6 amide bonds. The predicted octanol–water partition coefficient (Wildman–Crippen LogP) is 0.899. The molecule has 0 aliphatic carbocycles. The molecule has 10 heteroatoms. The van der Waals surface area contributed by atoms with Gasteiger partial charge in [0.25, 0.3) is 11.8 Å². The van der Waals surface area contributed by atoms with Gasteiger partial charge in [-0.2, -0.15) is 0 Å². The van der Waals surface area contributed by atoms with E-state index in [0.29, 0.717) is 12.3 Å². The third-order valence-electron chi connectivity index (χ3n) is 4.19. The van der Waals surface area contributed by atoms with Gasteiger partial charge in [-0.1, -0.05) is 13.8 Å². The second-order valence-electron chi connectivity index (χ2n) is 7.84. The lowest BCUT2D eigenvalue weighted by Crippen LogP contribution is -2.47. The highest BCUT2D eigenvalue weighted by Crippen LogP contribution is 2.24. The van der Waals surface area contributed by atoms with E-state index in [1.54, 1.807) is 20.8 Å². The molecule has 0 saturated carbocycles. The molecule has 0 unspecified atom stereocenters. The minimum absolute atomic E-state index is 0.171. The summed E-state index contributed by atoms with van der Waals surface area (Å²) >= 11 is 0. The van der Waals surface area contributed by atoms with Crippen LogP contribution in [-0.4, -0.2) is 59.0 Å². The van der Waals surface area contributed by atoms with E-state index in [2.05, 4.69) is 10.6 Å². The number of rotatable bonds is 8. The minimum Gasteiger partial charge on any atom is -0.451 e. The Bertz CT molecular complexity index is 648. The fourth-order valence-corrected chi connectivity index (χ4v) is 2.57. The molecule has 1 saturated heterocycles. The van der Waals surface area contributed by atoms with E-state index in [0.717, 1.165) is 11.3 Å². The maximum Gasteiger partial charge on any atom is 0.327 e. The molecule has 0 aromatic rings. The van der Waals surface area contributed by atoms with E-state index in [4.69, 9.17) is 4.74 Å². The summed E-state index contributed by atoms with van der Waals surface area (Å²) in [6.45, 7) is 9.75. The maximum absolute atomic E-state index is 12.6. The number of carbonyl (C=O) groups excluding carboxylic acids is 5.